The number of nitrogens with one attached hydrogen (secondary N) is 1. The first kappa shape index (κ1) is 20.1. The van der Waals surface area contributed by atoms with Crippen LogP contribution in [0.1, 0.15) is 29.9 Å². The normalized spacial score (nSPS) is 10.4. The molecule has 0 unspecified atom stereocenters. The predicted molar refractivity (Wildman–Crippen MR) is 110 cm³/mol. The molecule has 7 heteroatoms. The fourth-order valence-electron chi connectivity index (χ4n) is 2.93. The second-order valence-electron chi connectivity index (χ2n) is 6.38. The molecule has 0 saturated carbocycles. The largest absolute Gasteiger partial charge is 0.497 e. The van der Waals surface area contributed by atoms with Gasteiger partial charge in [0.05, 0.1) is 14.2 Å². The molecule has 0 aliphatic heterocycles. The summed E-state index contributed by atoms with van der Waals surface area (Å²) >= 11 is 0. The molecule has 1 amide bonds. The number of nitrogens with zero attached hydrogens (tertiary/aromatic N) is 2. The maximum atomic E-state index is 12.6. The van der Waals surface area contributed by atoms with Crippen LogP contribution in [0, 0.1) is 0 Å². The summed E-state index contributed by atoms with van der Waals surface area (Å²) in [6.07, 6.45) is 4.23. The van der Waals surface area contributed by atoms with E-state index in [9.17, 15) is 9.59 Å². The van der Waals surface area contributed by atoms with Gasteiger partial charge in [0.15, 0.2) is 11.6 Å². The van der Waals surface area contributed by atoms with E-state index >= 15 is 0 Å². The minimum atomic E-state index is -0.181. The summed E-state index contributed by atoms with van der Waals surface area (Å²) in [5.74, 6) is 1.26. The van der Waals surface area contributed by atoms with Crippen LogP contribution in [-0.4, -0.2) is 35.5 Å². The molecule has 0 bridgehead atoms. The number of hydrogen-bond donors (Lipinski definition) is 1. The number of aromatic nitrogens is 2. The highest BCUT2D eigenvalue weighted by atomic mass is 16.5. The lowest BCUT2D eigenvalue weighted by atomic mass is 10.1. The van der Waals surface area contributed by atoms with E-state index in [0.717, 1.165) is 5.69 Å². The first-order valence-electron chi connectivity index (χ1n) is 9.25. The summed E-state index contributed by atoms with van der Waals surface area (Å²) in [7, 11) is 3.09. The van der Waals surface area contributed by atoms with Crippen LogP contribution in [0.4, 0.5) is 5.69 Å². The van der Waals surface area contributed by atoms with Gasteiger partial charge >= 0.3 is 0 Å². The van der Waals surface area contributed by atoms with Crippen molar-refractivity contribution < 1.29 is 19.1 Å². The zero-order valence-electron chi connectivity index (χ0n) is 16.4. The van der Waals surface area contributed by atoms with E-state index in [-0.39, 0.29) is 24.5 Å². The summed E-state index contributed by atoms with van der Waals surface area (Å²) in [4.78, 5) is 29.0. The van der Waals surface area contributed by atoms with Gasteiger partial charge in [-0.1, -0.05) is 18.2 Å². The Balaban J connectivity index is 1.55. The lowest BCUT2D eigenvalue weighted by molar-refractivity contribution is -0.116. The third-order valence-corrected chi connectivity index (χ3v) is 4.37. The number of para-hydroxylation sites is 1. The van der Waals surface area contributed by atoms with Gasteiger partial charge in [0.25, 0.3) is 0 Å². The number of rotatable bonds is 9. The number of anilines is 1. The molecule has 0 aliphatic carbocycles. The highest BCUT2D eigenvalue weighted by Crippen LogP contribution is 2.26. The molecule has 1 heterocycles. The van der Waals surface area contributed by atoms with Crippen molar-refractivity contribution in [1.82, 2.24) is 9.55 Å². The van der Waals surface area contributed by atoms with Gasteiger partial charge in [0.2, 0.25) is 5.91 Å². The summed E-state index contributed by atoms with van der Waals surface area (Å²) in [5.41, 5.74) is 1.45. The van der Waals surface area contributed by atoms with E-state index in [1.807, 2.05) is 30.3 Å². The Morgan fingerprint density at radius 1 is 1.00 bits per heavy atom. The zero-order chi connectivity index (χ0) is 20.6. The van der Waals surface area contributed by atoms with E-state index in [4.69, 9.17) is 9.47 Å². The Morgan fingerprint density at radius 3 is 2.34 bits per heavy atom. The summed E-state index contributed by atoms with van der Waals surface area (Å²) in [6.45, 7) is 0. The topological polar surface area (TPSA) is 82.5 Å². The van der Waals surface area contributed by atoms with E-state index in [0.29, 0.717) is 29.4 Å². The number of methoxy groups -OCH3 is 2. The Hall–Kier alpha value is -3.61. The Labute approximate surface area is 169 Å². The number of amides is 1. The van der Waals surface area contributed by atoms with Crippen molar-refractivity contribution in [3.8, 4) is 17.2 Å². The van der Waals surface area contributed by atoms with Crippen LogP contribution in [0.15, 0.2) is 60.9 Å². The highest BCUT2D eigenvalue weighted by molar-refractivity contribution is 5.94. The van der Waals surface area contributed by atoms with Crippen molar-refractivity contribution in [2.45, 2.75) is 19.3 Å². The minimum absolute atomic E-state index is 0.102. The fourth-order valence-corrected chi connectivity index (χ4v) is 2.93. The van der Waals surface area contributed by atoms with Crippen LogP contribution in [0.25, 0.3) is 5.69 Å². The van der Waals surface area contributed by atoms with Crippen LogP contribution in [0.3, 0.4) is 0 Å². The highest BCUT2D eigenvalue weighted by Gasteiger charge is 2.15. The number of ether oxygens (including phenoxy) is 2. The molecule has 0 atom stereocenters. The quantitative estimate of drug-likeness (QED) is 0.558. The van der Waals surface area contributed by atoms with Crippen molar-refractivity contribution in [2.75, 3.05) is 19.5 Å². The van der Waals surface area contributed by atoms with E-state index in [1.165, 1.54) is 0 Å². The van der Waals surface area contributed by atoms with E-state index in [1.54, 1.807) is 49.4 Å². The number of carbonyl (C=O) groups is 2. The number of carbonyl (C=O) groups excluding carboxylic acids is 2. The van der Waals surface area contributed by atoms with Crippen LogP contribution in [0.5, 0.6) is 11.5 Å². The van der Waals surface area contributed by atoms with E-state index in [2.05, 4.69) is 10.3 Å². The van der Waals surface area contributed by atoms with Gasteiger partial charge in [-0.05, 0) is 18.6 Å². The summed E-state index contributed by atoms with van der Waals surface area (Å²) in [6, 6.07) is 14.7. The molecular weight excluding hydrogens is 370 g/mol. The van der Waals surface area contributed by atoms with Gasteiger partial charge < -0.3 is 14.8 Å². The first-order chi connectivity index (χ1) is 14.1. The van der Waals surface area contributed by atoms with Gasteiger partial charge in [-0.3, -0.25) is 14.2 Å². The van der Waals surface area contributed by atoms with Crippen LogP contribution in [-0.2, 0) is 4.79 Å². The number of imidazole rings is 1. The lowest BCUT2D eigenvalue weighted by Gasteiger charge is -2.10. The molecule has 150 valence electrons. The maximum absolute atomic E-state index is 12.6. The molecule has 0 spiro atoms. The molecule has 1 aromatic heterocycles. The van der Waals surface area contributed by atoms with Gasteiger partial charge in [-0.2, -0.15) is 0 Å². The SMILES string of the molecule is COc1cc(NC(=O)CCCC(=O)c2nccn2-c2ccccc2)cc(OC)c1. The Kier molecular flexibility index (Phi) is 6.63. The third-order valence-electron chi connectivity index (χ3n) is 4.37. The molecule has 0 radical (unpaired) electrons. The molecule has 2 aromatic carbocycles. The second kappa shape index (κ2) is 9.54. The average molecular weight is 393 g/mol. The smallest absolute Gasteiger partial charge is 0.224 e. The number of benzene rings is 2. The van der Waals surface area contributed by atoms with Crippen molar-refractivity contribution in [2.24, 2.45) is 0 Å². The molecule has 0 saturated heterocycles. The number of Topliss-reactive ketones (excluding diaryl/α,β-unsaturated/α-hetero) is 1. The van der Waals surface area contributed by atoms with Crippen LogP contribution in [0.2, 0.25) is 0 Å². The standard InChI is InChI=1S/C22H23N3O4/c1-28-18-13-16(14-19(15-18)29-2)24-21(27)10-6-9-20(26)22-23-11-12-25(22)17-7-4-3-5-8-17/h3-5,7-8,11-15H,6,9-10H2,1-2H3,(H,24,27). The van der Waals surface area contributed by atoms with Crippen LogP contribution < -0.4 is 14.8 Å². The minimum Gasteiger partial charge on any atom is -0.497 e. The van der Waals surface area contributed by atoms with Gasteiger partial charge in [0, 0.05) is 54.8 Å². The number of ketones is 1. The van der Waals surface area contributed by atoms with Gasteiger partial charge in [-0.25, -0.2) is 4.98 Å². The van der Waals surface area contributed by atoms with Crippen molar-refractivity contribution in [1.29, 1.82) is 0 Å². The summed E-state index contributed by atoms with van der Waals surface area (Å²) < 4.78 is 12.1. The maximum Gasteiger partial charge on any atom is 0.224 e. The predicted octanol–water partition coefficient (Wildman–Crippen LogP) is 3.88. The fraction of sp³-hybridized carbons (Fsp3) is 0.227. The van der Waals surface area contributed by atoms with E-state index < -0.39 is 0 Å². The van der Waals surface area contributed by atoms with Crippen molar-refractivity contribution in [3.63, 3.8) is 0 Å². The first-order valence-corrected chi connectivity index (χ1v) is 9.25. The third kappa shape index (κ3) is 5.22. The Morgan fingerprint density at radius 2 is 1.69 bits per heavy atom. The summed E-state index contributed by atoms with van der Waals surface area (Å²) in [5, 5.41) is 2.81. The lowest BCUT2D eigenvalue weighted by Crippen LogP contribution is -2.13. The molecule has 3 rings (SSSR count). The van der Waals surface area contributed by atoms with Crippen LogP contribution >= 0.6 is 0 Å². The molecule has 0 fully saturated rings. The molecular formula is C22H23N3O4. The zero-order valence-corrected chi connectivity index (χ0v) is 16.4. The van der Waals surface area contributed by atoms with Crippen molar-refractivity contribution >= 4 is 17.4 Å². The Bertz CT molecular complexity index is 960. The molecule has 29 heavy (non-hydrogen) atoms. The van der Waals surface area contributed by atoms with Crippen molar-refractivity contribution in [3.05, 3.63) is 66.7 Å². The van der Waals surface area contributed by atoms with Gasteiger partial charge in [-0.15, -0.1) is 0 Å². The molecule has 3 aromatic rings. The molecule has 0 aliphatic rings. The average Bonchev–Trinajstić information content (AvgIpc) is 3.24. The second-order valence-corrected chi connectivity index (χ2v) is 6.38. The monoisotopic (exact) mass is 393 g/mol. The molecule has 7 nitrogen and oxygen atoms in total. The van der Waals surface area contributed by atoms with Gasteiger partial charge in [0.1, 0.15) is 11.5 Å². The molecule has 1 N–H and O–H groups in total. The number of hydrogen-bond acceptors (Lipinski definition) is 5.